The molecule has 7 nitrogen and oxygen atoms in total. The molecule has 1 aliphatic heterocycles. The molecule has 23 heavy (non-hydrogen) atoms. The molecule has 1 unspecified atom stereocenters. The van der Waals surface area contributed by atoms with Gasteiger partial charge in [-0.1, -0.05) is 11.8 Å². The Kier molecular flexibility index (Phi) is 6.06. The Labute approximate surface area is 141 Å². The molecule has 1 aromatic rings. The predicted octanol–water partition coefficient (Wildman–Crippen LogP) is 0.168. The van der Waals surface area contributed by atoms with Crippen molar-refractivity contribution in [1.82, 2.24) is 24.7 Å². The first kappa shape index (κ1) is 17.8. The van der Waals surface area contributed by atoms with E-state index in [1.165, 1.54) is 0 Å². The molecule has 1 saturated heterocycles. The molecule has 1 aliphatic rings. The molecule has 0 spiro atoms. The van der Waals surface area contributed by atoms with Crippen molar-refractivity contribution in [2.24, 2.45) is 13.0 Å². The lowest BCUT2D eigenvalue weighted by atomic mass is 10.1. The molecule has 0 aliphatic carbocycles. The number of likely N-dealkylation sites (tertiary alicyclic amines) is 1. The number of hydrogen-bond acceptors (Lipinski definition) is 5. The summed E-state index contributed by atoms with van der Waals surface area (Å²) in [6.07, 6.45) is 4.05. The minimum Gasteiger partial charge on any atom is -0.350 e. The quantitative estimate of drug-likeness (QED) is 0.717. The van der Waals surface area contributed by atoms with E-state index in [9.17, 15) is 9.59 Å². The van der Waals surface area contributed by atoms with E-state index in [1.54, 1.807) is 22.9 Å². The van der Waals surface area contributed by atoms with E-state index in [2.05, 4.69) is 10.3 Å². The monoisotopic (exact) mass is 339 g/mol. The number of hydrogen-bond donors (Lipinski definition) is 1. The fourth-order valence-electron chi connectivity index (χ4n) is 2.59. The van der Waals surface area contributed by atoms with Gasteiger partial charge < -0.3 is 19.7 Å². The predicted molar refractivity (Wildman–Crippen MR) is 90.1 cm³/mol. The van der Waals surface area contributed by atoms with Crippen LogP contribution in [0.15, 0.2) is 11.4 Å². The number of nitrogens with zero attached hydrogens (tertiary/aromatic N) is 4. The Balaban J connectivity index is 1.84. The largest absolute Gasteiger partial charge is 0.350 e. The summed E-state index contributed by atoms with van der Waals surface area (Å²) in [4.78, 5) is 32.4. The van der Waals surface area contributed by atoms with Crippen molar-refractivity contribution in [2.75, 3.05) is 40.0 Å². The van der Waals surface area contributed by atoms with Crippen LogP contribution in [0.4, 0.5) is 0 Å². The summed E-state index contributed by atoms with van der Waals surface area (Å²) in [6, 6.07) is 0. The highest BCUT2D eigenvalue weighted by molar-refractivity contribution is 7.98. The van der Waals surface area contributed by atoms with Gasteiger partial charge in [-0.05, 0) is 20.4 Å². The second-order valence-corrected chi connectivity index (χ2v) is 6.83. The Hall–Kier alpha value is -1.54. The molecule has 1 aromatic heterocycles. The van der Waals surface area contributed by atoms with Crippen molar-refractivity contribution < 1.29 is 9.59 Å². The number of thioether (sulfide) groups is 1. The van der Waals surface area contributed by atoms with Crippen LogP contribution in [0.2, 0.25) is 0 Å². The van der Waals surface area contributed by atoms with E-state index in [1.807, 2.05) is 36.9 Å². The number of rotatable bonds is 7. The number of carbonyl (C=O) groups excluding carboxylic acids is 2. The smallest absolute Gasteiger partial charge is 0.225 e. The number of carbonyl (C=O) groups is 2. The first-order valence-electron chi connectivity index (χ1n) is 7.67. The molecule has 2 amide bonds. The molecule has 8 heteroatoms. The van der Waals surface area contributed by atoms with Gasteiger partial charge in [0.1, 0.15) is 0 Å². The third-order valence-electron chi connectivity index (χ3n) is 4.07. The minimum atomic E-state index is -0.252. The van der Waals surface area contributed by atoms with Crippen LogP contribution < -0.4 is 5.32 Å². The maximum atomic E-state index is 12.3. The summed E-state index contributed by atoms with van der Waals surface area (Å²) in [6.45, 7) is 2.44. The summed E-state index contributed by atoms with van der Waals surface area (Å²) < 4.78 is 1.97. The van der Waals surface area contributed by atoms with Gasteiger partial charge in [0.15, 0.2) is 5.16 Å². The summed E-state index contributed by atoms with van der Waals surface area (Å²) in [5.41, 5.74) is 0.955. The van der Waals surface area contributed by atoms with Crippen molar-refractivity contribution in [3.8, 4) is 0 Å². The number of nitrogens with one attached hydrogen (secondary N) is 1. The Morgan fingerprint density at radius 2 is 2.26 bits per heavy atom. The normalized spacial score (nSPS) is 18.0. The molecule has 2 rings (SSSR count). The SMILES string of the molecule is CSc1ncc(CNC(=O)C2CC(=O)N(CCN(C)C)C2)n1C. The van der Waals surface area contributed by atoms with Crippen LogP contribution in [0, 0.1) is 5.92 Å². The van der Waals surface area contributed by atoms with E-state index in [4.69, 9.17) is 0 Å². The molecule has 0 radical (unpaired) electrons. The van der Waals surface area contributed by atoms with Gasteiger partial charge in [-0.2, -0.15) is 0 Å². The van der Waals surface area contributed by atoms with E-state index >= 15 is 0 Å². The minimum absolute atomic E-state index is 0.0578. The molecular weight excluding hydrogens is 314 g/mol. The molecule has 0 bridgehead atoms. The van der Waals surface area contributed by atoms with Gasteiger partial charge in [0.2, 0.25) is 11.8 Å². The van der Waals surface area contributed by atoms with Gasteiger partial charge in [-0.25, -0.2) is 4.98 Å². The molecular formula is C15H25N5O2S. The van der Waals surface area contributed by atoms with Crippen molar-refractivity contribution >= 4 is 23.6 Å². The van der Waals surface area contributed by atoms with Crippen molar-refractivity contribution in [3.05, 3.63) is 11.9 Å². The lowest BCUT2D eigenvalue weighted by Crippen LogP contribution is -2.35. The molecule has 2 heterocycles. The highest BCUT2D eigenvalue weighted by Crippen LogP contribution is 2.18. The Morgan fingerprint density at radius 3 is 2.87 bits per heavy atom. The van der Waals surface area contributed by atoms with Crippen LogP contribution in [0.25, 0.3) is 0 Å². The zero-order chi connectivity index (χ0) is 17.0. The van der Waals surface area contributed by atoms with Crippen LogP contribution in [-0.4, -0.2) is 71.2 Å². The molecule has 1 fully saturated rings. The maximum Gasteiger partial charge on any atom is 0.225 e. The van der Waals surface area contributed by atoms with E-state index in [0.717, 1.165) is 17.4 Å². The van der Waals surface area contributed by atoms with Crippen LogP contribution >= 0.6 is 11.8 Å². The van der Waals surface area contributed by atoms with Gasteiger partial charge >= 0.3 is 0 Å². The van der Waals surface area contributed by atoms with Crippen molar-refractivity contribution in [1.29, 1.82) is 0 Å². The lowest BCUT2D eigenvalue weighted by molar-refractivity contribution is -0.129. The molecule has 1 N–H and O–H groups in total. The zero-order valence-corrected chi connectivity index (χ0v) is 15.0. The fourth-order valence-corrected chi connectivity index (χ4v) is 3.14. The van der Waals surface area contributed by atoms with Crippen LogP contribution in [0.3, 0.4) is 0 Å². The Morgan fingerprint density at radius 1 is 1.52 bits per heavy atom. The first-order valence-corrected chi connectivity index (χ1v) is 8.89. The van der Waals surface area contributed by atoms with Gasteiger partial charge in [0.05, 0.1) is 24.4 Å². The topological polar surface area (TPSA) is 70.5 Å². The van der Waals surface area contributed by atoms with E-state index < -0.39 is 0 Å². The molecule has 128 valence electrons. The highest BCUT2D eigenvalue weighted by Gasteiger charge is 2.33. The van der Waals surface area contributed by atoms with Crippen molar-refractivity contribution in [3.63, 3.8) is 0 Å². The molecule has 1 atom stereocenters. The first-order chi connectivity index (χ1) is 10.9. The standard InChI is InChI=1S/C15H25N5O2S/c1-18(2)5-6-20-10-11(7-13(20)21)14(22)16-8-12-9-17-15(23-4)19(12)3/h9,11H,5-8,10H2,1-4H3,(H,16,22). The van der Waals surface area contributed by atoms with Gasteiger partial charge in [-0.15, -0.1) is 0 Å². The van der Waals surface area contributed by atoms with E-state index in [0.29, 0.717) is 26.1 Å². The van der Waals surface area contributed by atoms with Crippen molar-refractivity contribution in [2.45, 2.75) is 18.1 Å². The van der Waals surface area contributed by atoms with E-state index in [-0.39, 0.29) is 17.7 Å². The zero-order valence-electron chi connectivity index (χ0n) is 14.2. The summed E-state index contributed by atoms with van der Waals surface area (Å²) in [5, 5.41) is 3.84. The molecule has 0 saturated carbocycles. The van der Waals surface area contributed by atoms with Gasteiger partial charge in [0.25, 0.3) is 0 Å². The number of imidazole rings is 1. The van der Waals surface area contributed by atoms with Gasteiger partial charge in [-0.3, -0.25) is 9.59 Å². The summed E-state index contributed by atoms with van der Waals surface area (Å²) >= 11 is 1.57. The number of amides is 2. The molecule has 0 aromatic carbocycles. The second kappa shape index (κ2) is 7.83. The third-order valence-corrected chi connectivity index (χ3v) is 4.81. The van der Waals surface area contributed by atoms with Crippen LogP contribution in [0.1, 0.15) is 12.1 Å². The van der Waals surface area contributed by atoms with Gasteiger partial charge in [0, 0.05) is 33.1 Å². The van der Waals surface area contributed by atoms with Crippen LogP contribution in [0.5, 0.6) is 0 Å². The Bertz CT molecular complexity index is 572. The summed E-state index contributed by atoms with van der Waals surface area (Å²) in [5.74, 6) is -0.243. The average Bonchev–Trinajstić information content (AvgIpc) is 3.05. The highest BCUT2D eigenvalue weighted by atomic mass is 32.2. The lowest BCUT2D eigenvalue weighted by Gasteiger charge is -2.19. The summed E-state index contributed by atoms with van der Waals surface area (Å²) in [7, 11) is 5.88. The number of likely N-dealkylation sites (N-methyl/N-ethyl adjacent to an activating group) is 1. The maximum absolute atomic E-state index is 12.3. The average molecular weight is 339 g/mol. The third kappa shape index (κ3) is 4.48. The fraction of sp³-hybridized carbons (Fsp3) is 0.667. The number of aromatic nitrogens is 2. The second-order valence-electron chi connectivity index (χ2n) is 6.06. The van der Waals surface area contributed by atoms with Crippen LogP contribution in [-0.2, 0) is 23.2 Å².